The summed E-state index contributed by atoms with van der Waals surface area (Å²) in [6.45, 7) is 2.36. The lowest BCUT2D eigenvalue weighted by Crippen LogP contribution is -2.46. The van der Waals surface area contributed by atoms with Crippen molar-refractivity contribution in [1.82, 2.24) is 19.2 Å². The molecule has 1 fully saturated rings. The van der Waals surface area contributed by atoms with Crippen LogP contribution < -0.4 is 10.9 Å². The minimum atomic E-state index is -0.0934. The highest BCUT2D eigenvalue weighted by atomic mass is 79.9. The Morgan fingerprint density at radius 3 is 2.83 bits per heavy atom. The summed E-state index contributed by atoms with van der Waals surface area (Å²) >= 11 is 3.40. The SMILES string of the molecule is CN(Cc1cc(Nc2cc(Br)cn(C)c2=O)nn1C)C1COC1. The first-order valence-electron chi connectivity index (χ1n) is 7.38. The Kier molecular flexibility index (Phi) is 4.56. The number of ether oxygens (including phenoxy) is 1. The minimum Gasteiger partial charge on any atom is -0.378 e. The van der Waals surface area contributed by atoms with E-state index in [0.29, 0.717) is 17.5 Å². The normalized spacial score (nSPS) is 15.0. The van der Waals surface area contributed by atoms with Gasteiger partial charge in [0.05, 0.1) is 24.9 Å². The highest BCUT2D eigenvalue weighted by Gasteiger charge is 2.23. The van der Waals surface area contributed by atoms with Crippen LogP contribution in [0.4, 0.5) is 11.5 Å². The summed E-state index contributed by atoms with van der Waals surface area (Å²) in [5.74, 6) is 0.663. The van der Waals surface area contributed by atoms with Crippen LogP contribution in [0.25, 0.3) is 0 Å². The van der Waals surface area contributed by atoms with Crippen LogP contribution in [0.1, 0.15) is 5.69 Å². The fourth-order valence-electron chi connectivity index (χ4n) is 2.48. The number of pyridine rings is 1. The van der Waals surface area contributed by atoms with Crippen molar-refractivity contribution in [3.63, 3.8) is 0 Å². The molecule has 0 aromatic carbocycles. The third kappa shape index (κ3) is 3.49. The van der Waals surface area contributed by atoms with Crippen molar-refractivity contribution in [2.75, 3.05) is 25.6 Å². The van der Waals surface area contributed by atoms with Gasteiger partial charge < -0.3 is 14.6 Å². The Morgan fingerprint density at radius 1 is 1.43 bits per heavy atom. The van der Waals surface area contributed by atoms with Gasteiger partial charge >= 0.3 is 0 Å². The second kappa shape index (κ2) is 6.46. The van der Waals surface area contributed by atoms with Crippen molar-refractivity contribution < 1.29 is 4.74 Å². The van der Waals surface area contributed by atoms with Gasteiger partial charge in [0.15, 0.2) is 5.82 Å². The highest BCUT2D eigenvalue weighted by molar-refractivity contribution is 9.10. The van der Waals surface area contributed by atoms with E-state index in [1.807, 2.05) is 17.8 Å². The number of halogens is 1. The van der Waals surface area contributed by atoms with Gasteiger partial charge in [0.25, 0.3) is 5.56 Å². The fraction of sp³-hybridized carbons (Fsp3) is 0.467. The Bertz CT molecular complexity index is 766. The van der Waals surface area contributed by atoms with Crippen molar-refractivity contribution >= 4 is 27.4 Å². The van der Waals surface area contributed by atoms with Gasteiger partial charge in [0, 0.05) is 37.4 Å². The molecule has 0 radical (unpaired) electrons. The number of aromatic nitrogens is 3. The molecule has 7 nitrogen and oxygen atoms in total. The molecule has 1 aliphatic heterocycles. The topological polar surface area (TPSA) is 64.3 Å². The molecule has 124 valence electrons. The van der Waals surface area contributed by atoms with Gasteiger partial charge in [-0.3, -0.25) is 14.4 Å². The molecule has 0 unspecified atom stereocenters. The maximum absolute atomic E-state index is 12.2. The number of anilines is 2. The maximum atomic E-state index is 12.2. The van der Waals surface area contributed by atoms with E-state index in [-0.39, 0.29) is 5.56 Å². The van der Waals surface area contributed by atoms with Crippen LogP contribution in [-0.2, 0) is 25.4 Å². The Morgan fingerprint density at radius 2 is 2.17 bits per heavy atom. The van der Waals surface area contributed by atoms with Crippen LogP contribution in [0.3, 0.4) is 0 Å². The molecule has 1 aliphatic rings. The van der Waals surface area contributed by atoms with Crippen LogP contribution in [0, 0.1) is 0 Å². The molecular formula is C15H20BrN5O2. The minimum absolute atomic E-state index is 0.0934. The van der Waals surface area contributed by atoms with Gasteiger partial charge in [-0.1, -0.05) is 0 Å². The van der Waals surface area contributed by atoms with E-state index in [4.69, 9.17) is 4.74 Å². The van der Waals surface area contributed by atoms with E-state index in [1.54, 1.807) is 19.3 Å². The van der Waals surface area contributed by atoms with Gasteiger partial charge in [0.2, 0.25) is 0 Å². The Balaban J connectivity index is 1.77. The molecule has 0 bridgehead atoms. The van der Waals surface area contributed by atoms with E-state index >= 15 is 0 Å². The lowest BCUT2D eigenvalue weighted by atomic mass is 10.2. The smallest absolute Gasteiger partial charge is 0.274 e. The number of aryl methyl sites for hydroxylation is 2. The van der Waals surface area contributed by atoms with Gasteiger partial charge in [0.1, 0.15) is 5.69 Å². The molecular weight excluding hydrogens is 362 g/mol. The zero-order valence-electron chi connectivity index (χ0n) is 13.4. The van der Waals surface area contributed by atoms with Crippen LogP contribution in [-0.4, -0.2) is 45.6 Å². The Labute approximate surface area is 143 Å². The van der Waals surface area contributed by atoms with Crippen molar-refractivity contribution in [3.05, 3.63) is 38.9 Å². The van der Waals surface area contributed by atoms with Crippen molar-refractivity contribution in [1.29, 1.82) is 0 Å². The zero-order chi connectivity index (χ0) is 16.6. The van der Waals surface area contributed by atoms with Crippen molar-refractivity contribution in [2.24, 2.45) is 14.1 Å². The second-order valence-corrected chi connectivity index (χ2v) is 6.78. The second-order valence-electron chi connectivity index (χ2n) is 5.86. The molecule has 0 spiro atoms. The summed E-state index contributed by atoms with van der Waals surface area (Å²) in [5.41, 5.74) is 1.48. The zero-order valence-corrected chi connectivity index (χ0v) is 15.0. The molecule has 3 rings (SSSR count). The number of rotatable bonds is 5. The predicted octanol–water partition coefficient (Wildman–Crippen LogP) is 1.46. The van der Waals surface area contributed by atoms with Crippen molar-refractivity contribution in [3.8, 4) is 0 Å². The molecule has 8 heteroatoms. The maximum Gasteiger partial charge on any atom is 0.274 e. The first kappa shape index (κ1) is 16.2. The predicted molar refractivity (Wildman–Crippen MR) is 91.9 cm³/mol. The average molecular weight is 382 g/mol. The van der Waals surface area contributed by atoms with Gasteiger partial charge in [-0.15, -0.1) is 0 Å². The molecule has 23 heavy (non-hydrogen) atoms. The molecule has 0 aliphatic carbocycles. The summed E-state index contributed by atoms with van der Waals surface area (Å²) in [7, 11) is 5.71. The first-order chi connectivity index (χ1) is 10.9. The molecule has 2 aromatic heterocycles. The number of nitrogens with zero attached hydrogens (tertiary/aromatic N) is 4. The monoisotopic (exact) mass is 381 g/mol. The Hall–Kier alpha value is -1.64. The summed E-state index contributed by atoms with van der Waals surface area (Å²) < 4.78 is 9.42. The standard InChI is InChI=1S/C15H20BrN5O2/c1-19(12-8-23-9-12)7-11-5-14(18-21(11)3)17-13-4-10(16)6-20(2)15(13)22/h4-6,12H,7-9H2,1-3H3,(H,17,18). The quantitative estimate of drug-likeness (QED) is 0.848. The van der Waals surface area contributed by atoms with E-state index in [0.717, 1.165) is 29.9 Å². The number of likely N-dealkylation sites (N-methyl/N-ethyl adjacent to an activating group) is 1. The van der Waals surface area contributed by atoms with Crippen LogP contribution in [0.5, 0.6) is 0 Å². The van der Waals surface area contributed by atoms with E-state index in [2.05, 4.69) is 38.3 Å². The lowest BCUT2D eigenvalue weighted by Gasteiger charge is -2.34. The molecule has 0 amide bonds. The highest BCUT2D eigenvalue weighted by Crippen LogP contribution is 2.19. The average Bonchev–Trinajstić information content (AvgIpc) is 2.73. The third-order valence-corrected chi connectivity index (χ3v) is 4.48. The summed E-state index contributed by atoms with van der Waals surface area (Å²) in [4.78, 5) is 14.4. The van der Waals surface area contributed by atoms with E-state index in [9.17, 15) is 4.79 Å². The molecule has 0 saturated carbocycles. The molecule has 0 atom stereocenters. The number of hydrogen-bond donors (Lipinski definition) is 1. The molecule has 3 heterocycles. The van der Waals surface area contributed by atoms with Crippen LogP contribution in [0.2, 0.25) is 0 Å². The fourth-order valence-corrected chi connectivity index (χ4v) is 3.01. The largest absolute Gasteiger partial charge is 0.378 e. The third-order valence-electron chi connectivity index (χ3n) is 4.04. The summed E-state index contributed by atoms with van der Waals surface area (Å²) in [6, 6.07) is 4.20. The van der Waals surface area contributed by atoms with Crippen molar-refractivity contribution in [2.45, 2.75) is 12.6 Å². The number of hydrogen-bond acceptors (Lipinski definition) is 5. The van der Waals surface area contributed by atoms with Gasteiger partial charge in [-0.05, 0) is 29.0 Å². The number of nitrogens with one attached hydrogen (secondary N) is 1. The molecule has 1 saturated heterocycles. The molecule has 1 N–H and O–H groups in total. The van der Waals surface area contributed by atoms with Crippen LogP contribution >= 0.6 is 15.9 Å². The van der Waals surface area contributed by atoms with E-state index in [1.165, 1.54) is 4.57 Å². The van der Waals surface area contributed by atoms with Gasteiger partial charge in [-0.2, -0.15) is 5.10 Å². The van der Waals surface area contributed by atoms with Gasteiger partial charge in [-0.25, -0.2) is 0 Å². The summed E-state index contributed by atoms with van der Waals surface area (Å²) in [5, 5.41) is 7.55. The van der Waals surface area contributed by atoms with E-state index < -0.39 is 0 Å². The summed E-state index contributed by atoms with van der Waals surface area (Å²) in [6.07, 6.45) is 1.73. The molecule has 2 aromatic rings. The first-order valence-corrected chi connectivity index (χ1v) is 8.17. The van der Waals surface area contributed by atoms with Crippen LogP contribution in [0.15, 0.2) is 27.6 Å². The lowest BCUT2D eigenvalue weighted by molar-refractivity contribution is -0.0592.